The molecular weight excluding hydrogens is 354 g/mol. The van der Waals surface area contributed by atoms with Crippen molar-refractivity contribution in [2.75, 3.05) is 32.7 Å². The molecule has 0 aromatic heterocycles. The van der Waals surface area contributed by atoms with E-state index < -0.39 is 15.6 Å². The summed E-state index contributed by atoms with van der Waals surface area (Å²) in [6, 6.07) is 6.14. The number of hydrogen-bond donors (Lipinski definition) is 3. The topological polar surface area (TPSA) is 98.7 Å². The summed E-state index contributed by atoms with van der Waals surface area (Å²) in [5.41, 5.74) is -0.678. The van der Waals surface area contributed by atoms with Crippen LogP contribution in [0.5, 0.6) is 0 Å². The second-order valence-electron chi connectivity index (χ2n) is 7.21. The van der Waals surface area contributed by atoms with Gasteiger partial charge in [-0.3, -0.25) is 4.79 Å². The van der Waals surface area contributed by atoms with Crippen molar-refractivity contribution in [3.63, 3.8) is 0 Å². The number of aliphatic hydroxyl groups is 1. The second kappa shape index (κ2) is 8.04. The van der Waals surface area contributed by atoms with Gasteiger partial charge in [-0.05, 0) is 44.0 Å². The first kappa shape index (κ1) is 19.3. The van der Waals surface area contributed by atoms with E-state index in [1.54, 1.807) is 17.0 Å². The molecule has 3 N–H and O–H groups in total. The maximum Gasteiger partial charge on any atom is 0.253 e. The van der Waals surface area contributed by atoms with E-state index in [1.165, 1.54) is 12.1 Å². The minimum Gasteiger partial charge on any atom is -0.387 e. The molecular formula is C18H27N3O4S. The summed E-state index contributed by atoms with van der Waals surface area (Å²) in [5, 5.41) is 13.3. The van der Waals surface area contributed by atoms with E-state index in [0.29, 0.717) is 38.2 Å². The van der Waals surface area contributed by atoms with Crippen molar-refractivity contribution in [2.45, 2.75) is 42.6 Å². The van der Waals surface area contributed by atoms with Crippen molar-refractivity contribution in [1.29, 1.82) is 0 Å². The van der Waals surface area contributed by atoms with Gasteiger partial charge in [-0.25, -0.2) is 13.1 Å². The molecule has 8 heteroatoms. The molecule has 1 aromatic rings. The summed E-state index contributed by atoms with van der Waals surface area (Å²) < 4.78 is 27.6. The van der Waals surface area contributed by atoms with Gasteiger partial charge in [-0.15, -0.1) is 0 Å². The van der Waals surface area contributed by atoms with E-state index in [-0.39, 0.29) is 17.3 Å². The smallest absolute Gasteiger partial charge is 0.253 e. The Labute approximate surface area is 154 Å². The molecule has 1 aromatic carbocycles. The number of carbonyl (C=O) groups is 1. The number of β-amino-alcohol motifs (C(OH)–C–C–N with tert-alkyl or cyclic N) is 1. The van der Waals surface area contributed by atoms with E-state index in [9.17, 15) is 18.3 Å². The number of amides is 1. The highest BCUT2D eigenvalue weighted by atomic mass is 32.2. The van der Waals surface area contributed by atoms with Gasteiger partial charge in [0, 0.05) is 31.7 Å². The third-order valence-corrected chi connectivity index (χ3v) is 6.50. The molecule has 2 fully saturated rings. The number of nitrogens with one attached hydrogen (secondary N) is 2. The van der Waals surface area contributed by atoms with Gasteiger partial charge < -0.3 is 15.3 Å². The Morgan fingerprint density at radius 1 is 1.23 bits per heavy atom. The standard InChI is InChI=1S/C18H27N3O4S/c22-17(21-10-3-1-2-4-11-21)15-6-5-7-16(12-15)26(24,25)20-14-18(23)8-9-19-13-18/h5-7,12,19-20,23H,1-4,8-11,13-14H2/t18-/m1/s1. The van der Waals surface area contributed by atoms with Crippen LogP contribution < -0.4 is 10.0 Å². The number of benzene rings is 1. The number of nitrogens with zero attached hydrogens (tertiary/aromatic N) is 1. The lowest BCUT2D eigenvalue weighted by Crippen LogP contribution is -2.44. The molecule has 0 saturated carbocycles. The number of hydrogen-bond acceptors (Lipinski definition) is 5. The van der Waals surface area contributed by atoms with Crippen molar-refractivity contribution in [3.8, 4) is 0 Å². The molecule has 2 aliphatic rings. The minimum absolute atomic E-state index is 0.0488. The lowest BCUT2D eigenvalue weighted by Gasteiger charge is -2.22. The van der Waals surface area contributed by atoms with E-state index in [0.717, 1.165) is 25.7 Å². The summed E-state index contributed by atoms with van der Waals surface area (Å²) in [5.74, 6) is -0.123. The molecule has 2 saturated heterocycles. The fraction of sp³-hybridized carbons (Fsp3) is 0.611. The Balaban J connectivity index is 1.72. The summed E-state index contributed by atoms with van der Waals surface area (Å²) in [7, 11) is -3.79. The van der Waals surface area contributed by atoms with Gasteiger partial charge in [0.05, 0.1) is 10.5 Å². The van der Waals surface area contributed by atoms with Crippen LogP contribution in [0.1, 0.15) is 42.5 Å². The highest BCUT2D eigenvalue weighted by Crippen LogP contribution is 2.18. The quantitative estimate of drug-likeness (QED) is 0.698. The Bertz CT molecular complexity index is 737. The molecule has 0 spiro atoms. The van der Waals surface area contributed by atoms with Crippen molar-refractivity contribution < 1.29 is 18.3 Å². The average Bonchev–Trinajstić information content (AvgIpc) is 2.90. The van der Waals surface area contributed by atoms with Crippen LogP contribution >= 0.6 is 0 Å². The lowest BCUT2D eigenvalue weighted by molar-refractivity contribution is 0.0667. The molecule has 1 amide bonds. The van der Waals surface area contributed by atoms with Crippen molar-refractivity contribution >= 4 is 15.9 Å². The van der Waals surface area contributed by atoms with Gasteiger partial charge in [-0.2, -0.15) is 0 Å². The first-order chi connectivity index (χ1) is 12.4. The van der Waals surface area contributed by atoms with E-state index in [4.69, 9.17) is 0 Å². The zero-order chi connectivity index (χ0) is 18.6. The monoisotopic (exact) mass is 381 g/mol. The molecule has 1 atom stereocenters. The van der Waals surface area contributed by atoms with Gasteiger partial charge in [0.25, 0.3) is 5.91 Å². The summed E-state index contributed by atoms with van der Waals surface area (Å²) >= 11 is 0. The van der Waals surface area contributed by atoms with E-state index >= 15 is 0 Å². The molecule has 7 nitrogen and oxygen atoms in total. The molecule has 2 aliphatic heterocycles. The summed E-state index contributed by atoms with van der Waals surface area (Å²) in [6.07, 6.45) is 4.72. The largest absolute Gasteiger partial charge is 0.387 e. The molecule has 0 radical (unpaired) electrons. The van der Waals surface area contributed by atoms with Crippen molar-refractivity contribution in [2.24, 2.45) is 0 Å². The van der Waals surface area contributed by atoms with Gasteiger partial charge in [0.15, 0.2) is 0 Å². The first-order valence-electron chi connectivity index (χ1n) is 9.22. The first-order valence-corrected chi connectivity index (χ1v) is 10.7. The molecule has 0 bridgehead atoms. The van der Waals surface area contributed by atoms with Crippen LogP contribution in [0.25, 0.3) is 0 Å². The zero-order valence-corrected chi connectivity index (χ0v) is 15.7. The van der Waals surface area contributed by atoms with Crippen molar-refractivity contribution in [3.05, 3.63) is 29.8 Å². The van der Waals surface area contributed by atoms with Crippen LogP contribution in [-0.4, -0.2) is 62.7 Å². The second-order valence-corrected chi connectivity index (χ2v) is 8.98. The molecule has 3 rings (SSSR count). The van der Waals surface area contributed by atoms with E-state index in [2.05, 4.69) is 10.0 Å². The van der Waals surface area contributed by atoms with E-state index in [1.807, 2.05) is 0 Å². The van der Waals surface area contributed by atoms with Gasteiger partial charge in [0.2, 0.25) is 10.0 Å². The average molecular weight is 381 g/mol. The van der Waals surface area contributed by atoms with Crippen LogP contribution in [-0.2, 0) is 10.0 Å². The third kappa shape index (κ3) is 4.62. The zero-order valence-electron chi connectivity index (χ0n) is 14.9. The Morgan fingerprint density at radius 3 is 2.62 bits per heavy atom. The number of carbonyl (C=O) groups excluding carboxylic acids is 1. The molecule has 26 heavy (non-hydrogen) atoms. The van der Waals surface area contributed by atoms with Crippen LogP contribution in [0.2, 0.25) is 0 Å². The van der Waals surface area contributed by atoms with Gasteiger partial charge >= 0.3 is 0 Å². The van der Waals surface area contributed by atoms with Gasteiger partial charge in [0.1, 0.15) is 0 Å². The highest BCUT2D eigenvalue weighted by Gasteiger charge is 2.32. The maximum atomic E-state index is 12.7. The third-order valence-electron chi connectivity index (χ3n) is 5.10. The Kier molecular flexibility index (Phi) is 5.96. The SMILES string of the molecule is O=C(c1cccc(S(=O)(=O)NC[C@@]2(O)CCNC2)c1)N1CCCCCC1. The number of likely N-dealkylation sites (tertiary alicyclic amines) is 1. The minimum atomic E-state index is -3.79. The molecule has 0 aliphatic carbocycles. The van der Waals surface area contributed by atoms with Gasteiger partial charge in [-0.1, -0.05) is 18.9 Å². The number of sulfonamides is 1. The summed E-state index contributed by atoms with van der Waals surface area (Å²) in [6.45, 7) is 2.41. The highest BCUT2D eigenvalue weighted by molar-refractivity contribution is 7.89. The molecule has 2 heterocycles. The molecule has 0 unspecified atom stereocenters. The van der Waals surface area contributed by atoms with Crippen LogP contribution in [0.15, 0.2) is 29.2 Å². The normalized spacial score (nSPS) is 24.4. The fourth-order valence-electron chi connectivity index (χ4n) is 3.45. The van der Waals surface area contributed by atoms with Crippen molar-refractivity contribution in [1.82, 2.24) is 14.9 Å². The predicted octanol–water partition coefficient (Wildman–Crippen LogP) is 0.706. The Hall–Kier alpha value is -1.48. The lowest BCUT2D eigenvalue weighted by atomic mass is 10.1. The summed E-state index contributed by atoms with van der Waals surface area (Å²) in [4.78, 5) is 14.6. The Morgan fingerprint density at radius 2 is 1.96 bits per heavy atom. The molecule has 144 valence electrons. The predicted molar refractivity (Wildman–Crippen MR) is 98.4 cm³/mol. The maximum absolute atomic E-state index is 12.7. The fourth-order valence-corrected chi connectivity index (χ4v) is 4.61. The van der Waals surface area contributed by atoms with Crippen LogP contribution in [0.4, 0.5) is 0 Å². The number of rotatable bonds is 5. The van der Waals surface area contributed by atoms with Crippen LogP contribution in [0, 0.1) is 0 Å². The van der Waals surface area contributed by atoms with Crippen LogP contribution in [0.3, 0.4) is 0 Å².